The molecule has 2 aromatic heterocycles. The molecule has 0 bridgehead atoms. The SMILES string of the molecule is N#Cc1cccnc1N1CCN(C(=O)Cc2csc(N3CCCC3=O)n2)CC1. The zero-order chi connectivity index (χ0) is 19.5. The van der Waals surface area contributed by atoms with Gasteiger partial charge in [-0.15, -0.1) is 11.3 Å². The largest absolute Gasteiger partial charge is 0.352 e. The lowest BCUT2D eigenvalue weighted by Gasteiger charge is -2.35. The minimum Gasteiger partial charge on any atom is -0.352 e. The number of hydrogen-bond donors (Lipinski definition) is 0. The Labute approximate surface area is 167 Å². The van der Waals surface area contributed by atoms with Gasteiger partial charge in [0, 0.05) is 50.7 Å². The molecule has 4 rings (SSSR count). The Balaban J connectivity index is 1.34. The highest BCUT2D eigenvalue weighted by Crippen LogP contribution is 2.26. The first-order valence-electron chi connectivity index (χ1n) is 9.28. The lowest BCUT2D eigenvalue weighted by atomic mass is 10.2. The lowest BCUT2D eigenvalue weighted by molar-refractivity contribution is -0.130. The second-order valence-corrected chi connectivity index (χ2v) is 7.64. The summed E-state index contributed by atoms with van der Waals surface area (Å²) in [4.78, 5) is 38.9. The number of thiazole rings is 1. The van der Waals surface area contributed by atoms with Gasteiger partial charge in [-0.25, -0.2) is 9.97 Å². The number of nitrogens with zero attached hydrogens (tertiary/aromatic N) is 6. The molecule has 9 heteroatoms. The third-order valence-electron chi connectivity index (χ3n) is 5.02. The van der Waals surface area contributed by atoms with Crippen molar-refractivity contribution in [2.24, 2.45) is 0 Å². The van der Waals surface area contributed by atoms with Gasteiger partial charge < -0.3 is 9.80 Å². The second-order valence-electron chi connectivity index (χ2n) is 6.80. The van der Waals surface area contributed by atoms with Gasteiger partial charge in [0.15, 0.2) is 5.13 Å². The van der Waals surface area contributed by atoms with E-state index in [1.54, 1.807) is 23.2 Å². The number of pyridine rings is 1. The van der Waals surface area contributed by atoms with Gasteiger partial charge in [0.05, 0.1) is 17.7 Å². The quantitative estimate of drug-likeness (QED) is 0.776. The van der Waals surface area contributed by atoms with Crippen molar-refractivity contribution in [3.8, 4) is 6.07 Å². The van der Waals surface area contributed by atoms with Crippen LogP contribution < -0.4 is 9.80 Å². The summed E-state index contributed by atoms with van der Waals surface area (Å²) in [6.45, 7) is 3.16. The molecule has 0 radical (unpaired) electrons. The average molecular weight is 396 g/mol. The number of rotatable bonds is 4. The average Bonchev–Trinajstić information content (AvgIpc) is 3.36. The fourth-order valence-electron chi connectivity index (χ4n) is 3.52. The van der Waals surface area contributed by atoms with E-state index in [9.17, 15) is 14.9 Å². The van der Waals surface area contributed by atoms with E-state index in [0.717, 1.165) is 6.42 Å². The zero-order valence-electron chi connectivity index (χ0n) is 15.4. The molecule has 0 aliphatic carbocycles. The molecular formula is C19H20N6O2S. The molecule has 2 amide bonds. The number of nitriles is 1. The van der Waals surface area contributed by atoms with E-state index in [0.29, 0.717) is 61.4 Å². The van der Waals surface area contributed by atoms with Crippen molar-refractivity contribution in [2.75, 3.05) is 42.5 Å². The van der Waals surface area contributed by atoms with Crippen LogP contribution in [0.1, 0.15) is 24.1 Å². The number of piperazine rings is 1. The summed E-state index contributed by atoms with van der Waals surface area (Å²) >= 11 is 1.42. The van der Waals surface area contributed by atoms with Crippen molar-refractivity contribution < 1.29 is 9.59 Å². The standard InChI is InChI=1S/C19H20N6O2S/c20-12-14-3-1-5-21-18(14)24-9-7-23(8-10-24)17(27)11-15-13-28-19(22-15)25-6-2-4-16(25)26/h1,3,5,13H,2,4,6-11H2. The second kappa shape index (κ2) is 7.94. The number of amides is 2. The maximum Gasteiger partial charge on any atom is 0.228 e. The van der Waals surface area contributed by atoms with Crippen LogP contribution in [0.2, 0.25) is 0 Å². The highest BCUT2D eigenvalue weighted by Gasteiger charge is 2.26. The fourth-order valence-corrected chi connectivity index (χ4v) is 4.39. The number of hydrogen-bond acceptors (Lipinski definition) is 7. The molecule has 0 atom stereocenters. The smallest absolute Gasteiger partial charge is 0.228 e. The minimum absolute atomic E-state index is 0.0331. The predicted molar refractivity (Wildman–Crippen MR) is 105 cm³/mol. The summed E-state index contributed by atoms with van der Waals surface area (Å²) in [6, 6.07) is 5.67. The fraction of sp³-hybridized carbons (Fsp3) is 0.421. The van der Waals surface area contributed by atoms with Gasteiger partial charge >= 0.3 is 0 Å². The van der Waals surface area contributed by atoms with Gasteiger partial charge in [0.1, 0.15) is 11.9 Å². The summed E-state index contributed by atoms with van der Waals surface area (Å²) < 4.78 is 0. The predicted octanol–water partition coefficient (Wildman–Crippen LogP) is 1.43. The first-order valence-corrected chi connectivity index (χ1v) is 10.2. The van der Waals surface area contributed by atoms with Gasteiger partial charge in [0.2, 0.25) is 11.8 Å². The molecule has 2 aromatic rings. The van der Waals surface area contributed by atoms with E-state index in [2.05, 4.69) is 16.0 Å². The summed E-state index contributed by atoms with van der Waals surface area (Å²) in [5.41, 5.74) is 1.26. The first kappa shape index (κ1) is 18.4. The molecule has 0 saturated carbocycles. The number of carbonyl (C=O) groups excluding carboxylic acids is 2. The zero-order valence-corrected chi connectivity index (χ0v) is 16.2. The molecule has 4 heterocycles. The van der Waals surface area contributed by atoms with Crippen LogP contribution in [0.5, 0.6) is 0 Å². The van der Waals surface area contributed by atoms with Crippen LogP contribution in [0.3, 0.4) is 0 Å². The first-order chi connectivity index (χ1) is 13.7. The molecule has 2 saturated heterocycles. The number of carbonyl (C=O) groups is 2. The van der Waals surface area contributed by atoms with Crippen LogP contribution in [-0.2, 0) is 16.0 Å². The van der Waals surface area contributed by atoms with Gasteiger partial charge in [0.25, 0.3) is 0 Å². The molecule has 2 aliphatic heterocycles. The van der Waals surface area contributed by atoms with Crippen LogP contribution >= 0.6 is 11.3 Å². The Morgan fingerprint density at radius 3 is 2.79 bits per heavy atom. The molecule has 2 fully saturated rings. The van der Waals surface area contributed by atoms with E-state index >= 15 is 0 Å². The molecule has 0 N–H and O–H groups in total. The Morgan fingerprint density at radius 2 is 2.07 bits per heavy atom. The molecule has 2 aliphatic rings. The van der Waals surface area contributed by atoms with E-state index in [1.165, 1.54) is 11.3 Å². The van der Waals surface area contributed by atoms with Gasteiger partial charge in [-0.05, 0) is 18.6 Å². The van der Waals surface area contributed by atoms with Gasteiger partial charge in [-0.1, -0.05) is 0 Å². The third kappa shape index (κ3) is 3.68. The van der Waals surface area contributed by atoms with Crippen LogP contribution in [0.4, 0.5) is 10.9 Å². The van der Waals surface area contributed by atoms with Crippen molar-refractivity contribution in [3.05, 3.63) is 35.0 Å². The highest BCUT2D eigenvalue weighted by atomic mass is 32.1. The van der Waals surface area contributed by atoms with Crippen LogP contribution in [-0.4, -0.2) is 59.4 Å². The van der Waals surface area contributed by atoms with Crippen molar-refractivity contribution in [1.82, 2.24) is 14.9 Å². The van der Waals surface area contributed by atoms with Crippen molar-refractivity contribution >= 4 is 34.1 Å². The van der Waals surface area contributed by atoms with Crippen LogP contribution in [0, 0.1) is 11.3 Å². The third-order valence-corrected chi connectivity index (χ3v) is 5.93. The van der Waals surface area contributed by atoms with Crippen molar-refractivity contribution in [1.29, 1.82) is 5.26 Å². The molecule has 28 heavy (non-hydrogen) atoms. The number of aromatic nitrogens is 2. The molecule has 8 nitrogen and oxygen atoms in total. The Kier molecular flexibility index (Phi) is 5.21. The molecule has 0 unspecified atom stereocenters. The monoisotopic (exact) mass is 396 g/mol. The minimum atomic E-state index is 0.0331. The summed E-state index contributed by atoms with van der Waals surface area (Å²) in [5, 5.41) is 11.8. The number of anilines is 2. The summed E-state index contributed by atoms with van der Waals surface area (Å²) in [7, 11) is 0. The van der Waals surface area contributed by atoms with E-state index in [-0.39, 0.29) is 18.2 Å². The maximum atomic E-state index is 12.7. The summed E-state index contributed by atoms with van der Waals surface area (Å²) in [5.74, 6) is 0.817. The lowest BCUT2D eigenvalue weighted by Crippen LogP contribution is -2.49. The molecule has 0 aromatic carbocycles. The normalized spacial score (nSPS) is 17.1. The van der Waals surface area contributed by atoms with Crippen LogP contribution in [0.15, 0.2) is 23.7 Å². The van der Waals surface area contributed by atoms with Gasteiger partial charge in [-0.2, -0.15) is 5.26 Å². The molecule has 144 valence electrons. The van der Waals surface area contributed by atoms with E-state index < -0.39 is 0 Å². The van der Waals surface area contributed by atoms with Crippen LogP contribution in [0.25, 0.3) is 0 Å². The Hall–Kier alpha value is -2.99. The van der Waals surface area contributed by atoms with Crippen molar-refractivity contribution in [2.45, 2.75) is 19.3 Å². The summed E-state index contributed by atoms with van der Waals surface area (Å²) in [6.07, 6.45) is 3.35. The maximum absolute atomic E-state index is 12.7. The van der Waals surface area contributed by atoms with Gasteiger partial charge in [-0.3, -0.25) is 14.5 Å². The topological polar surface area (TPSA) is 93.4 Å². The Bertz CT molecular complexity index is 929. The van der Waals surface area contributed by atoms with E-state index in [1.807, 2.05) is 15.2 Å². The highest BCUT2D eigenvalue weighted by molar-refractivity contribution is 7.14. The van der Waals surface area contributed by atoms with Crippen molar-refractivity contribution in [3.63, 3.8) is 0 Å². The Morgan fingerprint density at radius 1 is 1.25 bits per heavy atom. The van der Waals surface area contributed by atoms with E-state index in [4.69, 9.17) is 0 Å². The molecular weight excluding hydrogens is 376 g/mol. The molecule has 0 spiro atoms.